The van der Waals surface area contributed by atoms with Gasteiger partial charge in [-0.1, -0.05) is 26.8 Å². The van der Waals surface area contributed by atoms with Gasteiger partial charge in [0, 0.05) is 121 Å². The van der Waals surface area contributed by atoms with Crippen molar-refractivity contribution in [2.75, 3.05) is 60.0 Å². The monoisotopic (exact) mass is 967 g/mol. The van der Waals surface area contributed by atoms with E-state index in [9.17, 15) is 9.59 Å². The largest absolute Gasteiger partial charge is 0.464 e. The minimum atomic E-state index is -1.00. The molecule has 4 saturated heterocycles. The van der Waals surface area contributed by atoms with Crippen LogP contribution in [0.3, 0.4) is 0 Å². The minimum Gasteiger partial charge on any atom is -0.464 e. The predicted octanol–water partition coefficient (Wildman–Crippen LogP) is 5.93. The van der Waals surface area contributed by atoms with E-state index in [1.165, 1.54) is 36.1 Å². The summed E-state index contributed by atoms with van der Waals surface area (Å²) in [6.07, 6.45) is 10.2. The number of carbonyl (C=O) groups excluding carboxylic acids is 3. The summed E-state index contributed by atoms with van der Waals surface area (Å²) in [5, 5.41) is 8.90. The van der Waals surface area contributed by atoms with E-state index in [0.29, 0.717) is 31.8 Å². The lowest BCUT2D eigenvalue weighted by atomic mass is 9.76. The molecule has 16 nitrogen and oxygen atoms in total. The molecule has 2 amide bonds. The molecule has 70 heavy (non-hydrogen) atoms. The summed E-state index contributed by atoms with van der Waals surface area (Å²) in [7, 11) is 3.90. The maximum absolute atomic E-state index is 15.4. The summed E-state index contributed by atoms with van der Waals surface area (Å²) in [6, 6.07) is 11.4. The van der Waals surface area contributed by atoms with Gasteiger partial charge in [-0.15, -0.1) is 11.3 Å². The molecule has 1 aromatic carbocycles. The first-order valence-electron chi connectivity index (χ1n) is 25.4. The lowest BCUT2D eigenvalue weighted by Crippen LogP contribution is -2.77. The minimum absolute atomic E-state index is 0.0242. The normalized spacial score (nSPS) is 28.6. The smallest absolute Gasteiger partial charge is 0.324 e. The van der Waals surface area contributed by atoms with Crippen molar-refractivity contribution in [3.8, 4) is 22.5 Å². The van der Waals surface area contributed by atoms with Crippen molar-refractivity contribution in [3.63, 3.8) is 0 Å². The average Bonchev–Trinajstić information content (AvgIpc) is 4.22. The SMILES string of the molecule is CO[C@@H](C)c1ncccc1-c1c2c3cc(ccc3n1C1CN(C3CC3)C1)-c1csc(n1)[C@@H](N1CC3(CCN3C)C1)[C@H](NC(=O)[C@@H]1[C@@H](C)[C@H]1c1ccncn1)C(=O)N1CCC[C@H](N1)C(=O)OCC(C)(C)C2. The van der Waals surface area contributed by atoms with Crippen molar-refractivity contribution in [1.82, 2.24) is 55.0 Å². The molecule has 5 aromatic rings. The molecular formula is C53H65N11O5S. The Hall–Kier alpha value is -5.17. The number of ether oxygens (including phenoxy) is 2. The van der Waals surface area contributed by atoms with Crippen LogP contribution in [0.1, 0.15) is 106 Å². The fourth-order valence-electron chi connectivity index (χ4n) is 12.4. The number of fused-ring (bicyclic) bond motifs is 6. The number of carbonyl (C=O) groups is 3. The van der Waals surface area contributed by atoms with Gasteiger partial charge in [0.15, 0.2) is 0 Å². The number of likely N-dealkylation sites (tertiary alicyclic amines) is 3. The van der Waals surface area contributed by atoms with E-state index in [1.54, 1.807) is 18.3 Å². The second-order valence-electron chi connectivity index (χ2n) is 22.2. The van der Waals surface area contributed by atoms with E-state index >= 15 is 4.79 Å². The summed E-state index contributed by atoms with van der Waals surface area (Å²) in [5.74, 6) is -1.29. The zero-order valence-electron chi connectivity index (χ0n) is 41.1. The first-order chi connectivity index (χ1) is 33.8. The van der Waals surface area contributed by atoms with Crippen LogP contribution in [0.2, 0.25) is 0 Å². The van der Waals surface area contributed by atoms with E-state index in [4.69, 9.17) is 19.4 Å². The Morgan fingerprint density at radius 3 is 2.59 bits per heavy atom. The fraction of sp³-hybridized carbons (Fsp3) is 0.566. The highest BCUT2D eigenvalue weighted by molar-refractivity contribution is 7.10. The third-order valence-electron chi connectivity index (χ3n) is 16.9. The van der Waals surface area contributed by atoms with Crippen LogP contribution in [0.4, 0.5) is 0 Å². The standard InChI is InChI=1S/C53H65N11O5S/c1-30-42(38-15-18-54-29-56-38)43(30)48(65)58-45-47(62-26-53(27-62)16-20-60(53)5)49-57-40(25-70-49)32-11-14-41-36(21-32)37(22-52(3,4)28-69-51(67)39-10-8-19-63(59-39)50(45)66)46(35-9-7-17-55-44(35)31(2)68-6)64(41)34-23-61(24-34)33-12-13-33/h7,9,11,14-15,17-18,21,25,29-31,33-34,39,42-43,45,47,59H,8,10,12-13,16,19-20,22-24,26-28H2,1-6H3,(H,58,65)/t30-,31-,39-,42-,43+,45-,47-/m0/s1. The Morgan fingerprint density at radius 1 is 1.03 bits per heavy atom. The van der Waals surface area contributed by atoms with Crippen molar-refractivity contribution in [3.05, 3.63) is 82.5 Å². The molecule has 0 radical (unpaired) electrons. The van der Waals surface area contributed by atoms with Crippen LogP contribution >= 0.6 is 11.3 Å². The summed E-state index contributed by atoms with van der Waals surface area (Å²) in [5.41, 5.74) is 10.8. The van der Waals surface area contributed by atoms with Gasteiger partial charge in [0.05, 0.1) is 41.9 Å². The number of methoxy groups -OCH3 is 1. The molecule has 2 N–H and O–H groups in total. The number of likely N-dealkylation sites (N-methyl/N-ethyl adjacent to an activating group) is 1. The predicted molar refractivity (Wildman–Crippen MR) is 265 cm³/mol. The van der Waals surface area contributed by atoms with Crippen molar-refractivity contribution in [2.45, 2.75) is 114 Å². The summed E-state index contributed by atoms with van der Waals surface area (Å²) < 4.78 is 14.8. The molecule has 6 fully saturated rings. The lowest BCUT2D eigenvalue weighted by molar-refractivity contribution is -0.159. The molecule has 1 spiro atoms. The molecule has 6 bridgehead atoms. The van der Waals surface area contributed by atoms with E-state index in [2.05, 4.69) is 104 Å². The number of pyridine rings is 1. The van der Waals surface area contributed by atoms with Gasteiger partial charge in [-0.3, -0.25) is 39.1 Å². The number of rotatable bonds is 9. The quantitative estimate of drug-likeness (QED) is 0.168. The Kier molecular flexibility index (Phi) is 11.5. The summed E-state index contributed by atoms with van der Waals surface area (Å²) in [6.45, 7) is 13.5. The van der Waals surface area contributed by atoms with Gasteiger partial charge in [0.2, 0.25) is 5.91 Å². The summed E-state index contributed by atoms with van der Waals surface area (Å²) >= 11 is 1.54. The zero-order valence-corrected chi connectivity index (χ0v) is 42.0. The maximum atomic E-state index is 15.4. The highest BCUT2D eigenvalue weighted by Crippen LogP contribution is 2.54. The number of nitrogens with one attached hydrogen (secondary N) is 2. The highest BCUT2D eigenvalue weighted by Gasteiger charge is 2.58. The van der Waals surface area contributed by atoms with Crippen molar-refractivity contribution in [1.29, 1.82) is 0 Å². The first-order valence-corrected chi connectivity index (χ1v) is 26.3. The Morgan fingerprint density at radius 2 is 1.86 bits per heavy atom. The number of cyclic esters (lactones) is 1. The van der Waals surface area contributed by atoms with Gasteiger partial charge in [0.1, 0.15) is 23.4 Å². The number of aromatic nitrogens is 5. The number of amides is 2. The van der Waals surface area contributed by atoms with Crippen LogP contribution in [0.15, 0.2) is 60.5 Å². The van der Waals surface area contributed by atoms with E-state index < -0.39 is 29.5 Å². The average molecular weight is 968 g/mol. The number of esters is 1. The first kappa shape index (κ1) is 45.9. The number of hydrogen-bond donors (Lipinski definition) is 2. The molecule has 2 aliphatic carbocycles. The van der Waals surface area contributed by atoms with Gasteiger partial charge < -0.3 is 19.4 Å². The lowest BCUT2D eigenvalue weighted by Gasteiger charge is -2.63. The maximum Gasteiger partial charge on any atom is 0.324 e. The number of benzene rings is 1. The molecule has 17 heteroatoms. The second-order valence-corrected chi connectivity index (χ2v) is 23.1. The number of nitrogens with zero attached hydrogens (tertiary/aromatic N) is 9. The fourth-order valence-corrected chi connectivity index (χ4v) is 13.4. The number of thiazole rings is 1. The number of hydrogen-bond acceptors (Lipinski definition) is 14. The van der Waals surface area contributed by atoms with Crippen LogP contribution in [0.5, 0.6) is 0 Å². The van der Waals surface area contributed by atoms with Crippen LogP contribution < -0.4 is 10.7 Å². The Balaban J connectivity index is 0.998. The molecule has 9 heterocycles. The van der Waals surface area contributed by atoms with Crippen LogP contribution in [0.25, 0.3) is 33.4 Å². The Bertz CT molecular complexity index is 2830. The molecule has 2 saturated carbocycles. The number of hydrazine groups is 1. The second kappa shape index (κ2) is 17.5. The molecular weight excluding hydrogens is 903 g/mol. The van der Waals surface area contributed by atoms with Crippen LogP contribution in [-0.4, -0.2) is 146 Å². The van der Waals surface area contributed by atoms with Gasteiger partial charge in [-0.25, -0.2) is 20.4 Å². The van der Waals surface area contributed by atoms with Crippen molar-refractivity contribution >= 4 is 40.0 Å². The molecule has 5 aliphatic heterocycles. The van der Waals surface area contributed by atoms with Crippen molar-refractivity contribution < 1.29 is 23.9 Å². The molecule has 368 valence electrons. The highest BCUT2D eigenvalue weighted by atomic mass is 32.1. The van der Waals surface area contributed by atoms with Gasteiger partial charge >= 0.3 is 5.97 Å². The van der Waals surface area contributed by atoms with Crippen LogP contribution in [-0.2, 0) is 30.3 Å². The Labute approximate surface area is 413 Å². The van der Waals surface area contributed by atoms with E-state index in [-0.39, 0.29) is 53.9 Å². The topological polar surface area (TPSA) is 163 Å². The van der Waals surface area contributed by atoms with E-state index in [0.717, 1.165) is 89.0 Å². The van der Waals surface area contributed by atoms with Crippen molar-refractivity contribution in [2.24, 2.45) is 17.3 Å². The molecule has 7 aliphatic rings. The molecule has 7 atom stereocenters. The van der Waals surface area contributed by atoms with Crippen LogP contribution in [0, 0.1) is 17.3 Å². The van der Waals surface area contributed by atoms with Gasteiger partial charge in [0.25, 0.3) is 5.91 Å². The third-order valence-corrected chi connectivity index (χ3v) is 17.9. The zero-order chi connectivity index (χ0) is 48.2. The van der Waals surface area contributed by atoms with Gasteiger partial charge in [-0.2, -0.15) is 0 Å². The molecule has 4 aromatic heterocycles. The summed E-state index contributed by atoms with van der Waals surface area (Å²) in [4.78, 5) is 70.7. The van der Waals surface area contributed by atoms with Gasteiger partial charge in [-0.05, 0) is 94.3 Å². The van der Waals surface area contributed by atoms with E-state index in [1.807, 2.05) is 18.3 Å². The third kappa shape index (κ3) is 7.95. The molecule has 12 rings (SSSR count). The molecule has 0 unspecified atom stereocenters.